The Balaban J connectivity index is 2.56. The van der Waals surface area contributed by atoms with E-state index in [1.54, 1.807) is 51.5 Å². The van der Waals surface area contributed by atoms with Crippen molar-refractivity contribution in [3.63, 3.8) is 0 Å². The molecular formula is C16H17BrFNO2. The number of hydrogen-bond acceptors (Lipinski definition) is 3. The average molecular weight is 354 g/mol. The van der Waals surface area contributed by atoms with E-state index in [0.29, 0.717) is 32.7 Å². The molecule has 0 fully saturated rings. The molecule has 2 N–H and O–H groups in total. The second-order valence-electron chi connectivity index (χ2n) is 4.66. The molecule has 1 unspecified atom stereocenters. The fourth-order valence-corrected chi connectivity index (χ4v) is 2.93. The molecule has 0 saturated heterocycles. The lowest BCUT2D eigenvalue weighted by atomic mass is 9.96. The SMILES string of the molecule is COc1ccc(C(N)c2cccc(C)c2F)c(OC)c1Br. The summed E-state index contributed by atoms with van der Waals surface area (Å²) >= 11 is 3.43. The predicted molar refractivity (Wildman–Crippen MR) is 84.4 cm³/mol. The maximum absolute atomic E-state index is 14.3. The first-order valence-corrected chi connectivity index (χ1v) is 7.21. The van der Waals surface area contributed by atoms with Crippen molar-refractivity contribution in [1.82, 2.24) is 0 Å². The van der Waals surface area contributed by atoms with Gasteiger partial charge >= 0.3 is 0 Å². The topological polar surface area (TPSA) is 44.5 Å². The Hall–Kier alpha value is -1.59. The average Bonchev–Trinajstić information content (AvgIpc) is 2.49. The molecule has 2 aromatic rings. The summed E-state index contributed by atoms with van der Waals surface area (Å²) in [7, 11) is 3.11. The Kier molecular flexibility index (Phi) is 4.85. The Bertz CT molecular complexity index is 661. The summed E-state index contributed by atoms with van der Waals surface area (Å²) in [6, 6.07) is 8.13. The van der Waals surface area contributed by atoms with Crippen molar-refractivity contribution in [2.75, 3.05) is 14.2 Å². The Labute approximate surface area is 132 Å². The van der Waals surface area contributed by atoms with Gasteiger partial charge < -0.3 is 15.2 Å². The van der Waals surface area contributed by atoms with Gasteiger partial charge in [0.05, 0.1) is 20.3 Å². The number of methoxy groups -OCH3 is 2. The molecule has 1 atom stereocenters. The lowest BCUT2D eigenvalue weighted by Crippen LogP contribution is -2.15. The molecule has 112 valence electrons. The van der Waals surface area contributed by atoms with Gasteiger partial charge in [0.1, 0.15) is 21.8 Å². The Morgan fingerprint density at radius 3 is 2.43 bits per heavy atom. The highest BCUT2D eigenvalue weighted by molar-refractivity contribution is 9.10. The van der Waals surface area contributed by atoms with Crippen molar-refractivity contribution in [2.45, 2.75) is 13.0 Å². The zero-order valence-electron chi connectivity index (χ0n) is 12.1. The first-order chi connectivity index (χ1) is 10.0. The summed E-state index contributed by atoms with van der Waals surface area (Å²) in [5, 5.41) is 0. The summed E-state index contributed by atoms with van der Waals surface area (Å²) in [4.78, 5) is 0. The first-order valence-electron chi connectivity index (χ1n) is 6.42. The van der Waals surface area contributed by atoms with E-state index in [1.807, 2.05) is 0 Å². The minimum absolute atomic E-state index is 0.293. The smallest absolute Gasteiger partial charge is 0.141 e. The highest BCUT2D eigenvalue weighted by Gasteiger charge is 2.21. The van der Waals surface area contributed by atoms with Gasteiger partial charge in [0.25, 0.3) is 0 Å². The van der Waals surface area contributed by atoms with Crippen LogP contribution in [0, 0.1) is 12.7 Å². The third kappa shape index (κ3) is 2.89. The van der Waals surface area contributed by atoms with E-state index in [9.17, 15) is 4.39 Å². The van der Waals surface area contributed by atoms with Gasteiger partial charge in [-0.25, -0.2) is 4.39 Å². The first kappa shape index (κ1) is 15.8. The zero-order chi connectivity index (χ0) is 15.6. The van der Waals surface area contributed by atoms with Crippen molar-refractivity contribution in [2.24, 2.45) is 5.73 Å². The lowest BCUT2D eigenvalue weighted by molar-refractivity contribution is 0.384. The molecule has 0 bridgehead atoms. The minimum Gasteiger partial charge on any atom is -0.495 e. The van der Waals surface area contributed by atoms with E-state index in [4.69, 9.17) is 15.2 Å². The second-order valence-corrected chi connectivity index (χ2v) is 5.45. The number of hydrogen-bond donors (Lipinski definition) is 1. The number of nitrogens with two attached hydrogens (primary N) is 1. The molecule has 2 rings (SSSR count). The minimum atomic E-state index is -0.623. The number of aryl methyl sites for hydroxylation is 1. The summed E-state index contributed by atoms with van der Waals surface area (Å²) in [5.41, 5.74) is 7.93. The fraction of sp³-hybridized carbons (Fsp3) is 0.250. The van der Waals surface area contributed by atoms with Crippen LogP contribution in [-0.4, -0.2) is 14.2 Å². The quantitative estimate of drug-likeness (QED) is 0.904. The van der Waals surface area contributed by atoms with Crippen LogP contribution in [0.1, 0.15) is 22.7 Å². The van der Waals surface area contributed by atoms with E-state index in [0.717, 1.165) is 0 Å². The predicted octanol–water partition coefficient (Wildman–Crippen LogP) is 3.96. The van der Waals surface area contributed by atoms with Crippen LogP contribution in [-0.2, 0) is 0 Å². The second kappa shape index (κ2) is 6.45. The molecule has 2 aromatic carbocycles. The molecule has 5 heteroatoms. The van der Waals surface area contributed by atoms with E-state index in [2.05, 4.69) is 15.9 Å². The van der Waals surface area contributed by atoms with E-state index < -0.39 is 6.04 Å². The van der Waals surface area contributed by atoms with Gasteiger partial charge in [0.2, 0.25) is 0 Å². The number of ether oxygens (including phenoxy) is 2. The summed E-state index contributed by atoms with van der Waals surface area (Å²) in [6.07, 6.45) is 0. The highest BCUT2D eigenvalue weighted by atomic mass is 79.9. The van der Waals surface area contributed by atoms with Crippen molar-refractivity contribution in [1.29, 1.82) is 0 Å². The van der Waals surface area contributed by atoms with Crippen LogP contribution in [0.15, 0.2) is 34.8 Å². The Morgan fingerprint density at radius 2 is 1.81 bits per heavy atom. The van der Waals surface area contributed by atoms with E-state index >= 15 is 0 Å². The van der Waals surface area contributed by atoms with Crippen LogP contribution in [0.2, 0.25) is 0 Å². The summed E-state index contributed by atoms with van der Waals surface area (Å²) < 4.78 is 25.6. The standard InChI is InChI=1S/C16H17BrFNO2/c1-9-5-4-6-10(14(9)18)15(19)11-7-8-12(20-2)13(17)16(11)21-3/h4-8,15H,19H2,1-3H3. The van der Waals surface area contributed by atoms with Gasteiger partial charge in [-0.15, -0.1) is 0 Å². The molecule has 0 amide bonds. The van der Waals surface area contributed by atoms with Crippen LogP contribution in [0.5, 0.6) is 11.5 Å². The maximum atomic E-state index is 14.3. The van der Waals surface area contributed by atoms with Gasteiger partial charge in [0, 0.05) is 11.1 Å². The number of benzene rings is 2. The Morgan fingerprint density at radius 1 is 1.10 bits per heavy atom. The zero-order valence-corrected chi connectivity index (χ0v) is 13.7. The van der Waals surface area contributed by atoms with Crippen molar-refractivity contribution in [3.05, 3.63) is 57.3 Å². The summed E-state index contributed by atoms with van der Waals surface area (Å²) in [5.74, 6) is 0.884. The van der Waals surface area contributed by atoms with Gasteiger partial charge in [0.15, 0.2) is 0 Å². The lowest BCUT2D eigenvalue weighted by Gasteiger charge is -2.19. The molecule has 0 heterocycles. The molecule has 3 nitrogen and oxygen atoms in total. The monoisotopic (exact) mass is 353 g/mol. The highest BCUT2D eigenvalue weighted by Crippen LogP contribution is 2.40. The molecule has 0 saturated carbocycles. The summed E-state index contributed by atoms with van der Waals surface area (Å²) in [6.45, 7) is 1.72. The van der Waals surface area contributed by atoms with Crippen LogP contribution in [0.4, 0.5) is 4.39 Å². The molecule has 0 aliphatic heterocycles. The fourth-order valence-electron chi connectivity index (χ4n) is 2.24. The number of halogens is 2. The molecule has 0 spiro atoms. The van der Waals surface area contributed by atoms with Gasteiger partial charge in [-0.05, 0) is 40.5 Å². The van der Waals surface area contributed by atoms with Crippen molar-refractivity contribution < 1.29 is 13.9 Å². The third-order valence-electron chi connectivity index (χ3n) is 3.41. The largest absolute Gasteiger partial charge is 0.495 e. The van der Waals surface area contributed by atoms with Crippen LogP contribution in [0.25, 0.3) is 0 Å². The van der Waals surface area contributed by atoms with Crippen LogP contribution in [0.3, 0.4) is 0 Å². The van der Waals surface area contributed by atoms with Gasteiger partial charge in [-0.3, -0.25) is 0 Å². The molecular weight excluding hydrogens is 337 g/mol. The van der Waals surface area contributed by atoms with Crippen molar-refractivity contribution >= 4 is 15.9 Å². The maximum Gasteiger partial charge on any atom is 0.141 e. The van der Waals surface area contributed by atoms with Crippen LogP contribution < -0.4 is 15.2 Å². The molecule has 0 radical (unpaired) electrons. The van der Waals surface area contributed by atoms with Gasteiger partial charge in [-0.1, -0.05) is 18.2 Å². The normalized spacial score (nSPS) is 12.1. The van der Waals surface area contributed by atoms with E-state index in [1.165, 1.54) is 0 Å². The molecule has 0 aliphatic rings. The number of rotatable bonds is 4. The third-order valence-corrected chi connectivity index (χ3v) is 4.16. The van der Waals surface area contributed by atoms with E-state index in [-0.39, 0.29) is 5.82 Å². The van der Waals surface area contributed by atoms with Crippen molar-refractivity contribution in [3.8, 4) is 11.5 Å². The molecule has 21 heavy (non-hydrogen) atoms. The molecule has 0 aromatic heterocycles. The van der Waals surface area contributed by atoms with Crippen LogP contribution >= 0.6 is 15.9 Å². The molecule has 0 aliphatic carbocycles. The van der Waals surface area contributed by atoms with Gasteiger partial charge in [-0.2, -0.15) is 0 Å².